The minimum Gasteiger partial charge on any atom is -0.323 e. The van der Waals surface area contributed by atoms with E-state index in [2.05, 4.69) is 28.6 Å². The Morgan fingerprint density at radius 2 is 2.57 bits per heavy atom. The molecule has 3 N–H and O–H groups in total. The summed E-state index contributed by atoms with van der Waals surface area (Å²) < 4.78 is 1.88. The van der Waals surface area contributed by atoms with Crippen LogP contribution in [0.3, 0.4) is 0 Å². The Morgan fingerprint density at radius 1 is 1.71 bits per heavy atom. The Labute approximate surface area is 83.0 Å². The predicted molar refractivity (Wildman–Crippen MR) is 54.5 cm³/mol. The van der Waals surface area contributed by atoms with Crippen LogP contribution in [-0.2, 0) is 6.54 Å². The SMILES string of the molecule is CCn1nncc1C1=CC(N)CNC1. The van der Waals surface area contributed by atoms with Crippen molar-refractivity contribution in [2.45, 2.75) is 19.5 Å². The van der Waals surface area contributed by atoms with Gasteiger partial charge in [0.25, 0.3) is 0 Å². The molecule has 1 aliphatic rings. The number of nitrogens with one attached hydrogen (secondary N) is 1. The zero-order chi connectivity index (χ0) is 9.97. The normalized spacial score (nSPS) is 22.1. The van der Waals surface area contributed by atoms with Crippen molar-refractivity contribution >= 4 is 5.57 Å². The summed E-state index contributed by atoms with van der Waals surface area (Å²) in [5.41, 5.74) is 8.09. The average Bonchev–Trinajstić information content (AvgIpc) is 2.65. The fourth-order valence-corrected chi connectivity index (χ4v) is 1.67. The molecule has 1 aromatic rings. The molecular weight excluding hydrogens is 178 g/mol. The van der Waals surface area contributed by atoms with Gasteiger partial charge in [-0.3, -0.25) is 0 Å². The topological polar surface area (TPSA) is 68.8 Å². The van der Waals surface area contributed by atoms with E-state index in [9.17, 15) is 0 Å². The van der Waals surface area contributed by atoms with Gasteiger partial charge in [-0.2, -0.15) is 0 Å². The number of hydrogen-bond acceptors (Lipinski definition) is 4. The molecule has 0 amide bonds. The van der Waals surface area contributed by atoms with Crippen LogP contribution in [0.25, 0.3) is 5.57 Å². The Kier molecular flexibility index (Phi) is 2.60. The van der Waals surface area contributed by atoms with E-state index in [1.165, 1.54) is 5.57 Å². The van der Waals surface area contributed by atoms with E-state index in [1.807, 2.05) is 4.68 Å². The molecule has 0 fully saturated rings. The van der Waals surface area contributed by atoms with Gasteiger partial charge in [0.15, 0.2) is 0 Å². The van der Waals surface area contributed by atoms with Crippen LogP contribution in [0.2, 0.25) is 0 Å². The van der Waals surface area contributed by atoms with Gasteiger partial charge in [-0.1, -0.05) is 11.3 Å². The maximum atomic E-state index is 5.83. The van der Waals surface area contributed by atoms with Crippen molar-refractivity contribution in [1.29, 1.82) is 0 Å². The largest absolute Gasteiger partial charge is 0.323 e. The summed E-state index contributed by atoms with van der Waals surface area (Å²) in [6.07, 6.45) is 3.87. The molecule has 0 aromatic carbocycles. The fraction of sp³-hybridized carbons (Fsp3) is 0.556. The van der Waals surface area contributed by atoms with Crippen molar-refractivity contribution < 1.29 is 0 Å². The van der Waals surface area contributed by atoms with Crippen molar-refractivity contribution in [3.05, 3.63) is 18.0 Å². The molecule has 1 aliphatic heterocycles. The molecule has 5 heteroatoms. The summed E-state index contributed by atoms with van der Waals surface area (Å²) in [5.74, 6) is 0. The average molecular weight is 193 g/mol. The van der Waals surface area contributed by atoms with Gasteiger partial charge in [0.1, 0.15) is 0 Å². The first-order chi connectivity index (χ1) is 6.81. The maximum Gasteiger partial charge on any atom is 0.0855 e. The number of nitrogens with zero attached hydrogens (tertiary/aromatic N) is 3. The quantitative estimate of drug-likeness (QED) is 0.671. The lowest BCUT2D eigenvalue weighted by Gasteiger charge is -2.19. The van der Waals surface area contributed by atoms with E-state index in [1.54, 1.807) is 6.20 Å². The van der Waals surface area contributed by atoms with Crippen molar-refractivity contribution in [3.8, 4) is 0 Å². The first kappa shape index (κ1) is 9.36. The molecule has 0 spiro atoms. The van der Waals surface area contributed by atoms with Crippen LogP contribution in [0, 0.1) is 0 Å². The summed E-state index contributed by atoms with van der Waals surface area (Å²) in [7, 11) is 0. The number of hydrogen-bond donors (Lipinski definition) is 2. The third-order valence-corrected chi connectivity index (χ3v) is 2.36. The fourth-order valence-electron chi connectivity index (χ4n) is 1.67. The highest BCUT2D eigenvalue weighted by molar-refractivity contribution is 5.65. The summed E-state index contributed by atoms with van der Waals surface area (Å²) in [5, 5.41) is 11.2. The van der Waals surface area contributed by atoms with Crippen molar-refractivity contribution in [1.82, 2.24) is 20.3 Å². The highest BCUT2D eigenvalue weighted by Crippen LogP contribution is 2.14. The molecule has 76 valence electrons. The first-order valence-electron chi connectivity index (χ1n) is 4.87. The van der Waals surface area contributed by atoms with Gasteiger partial charge in [0.05, 0.1) is 11.9 Å². The molecule has 2 rings (SSSR count). The van der Waals surface area contributed by atoms with Crippen molar-refractivity contribution in [3.63, 3.8) is 0 Å². The van der Waals surface area contributed by atoms with Crippen LogP contribution < -0.4 is 11.1 Å². The van der Waals surface area contributed by atoms with Crippen LogP contribution in [-0.4, -0.2) is 34.1 Å². The first-order valence-corrected chi connectivity index (χ1v) is 4.87. The van der Waals surface area contributed by atoms with E-state index in [-0.39, 0.29) is 6.04 Å². The monoisotopic (exact) mass is 193 g/mol. The molecule has 0 aliphatic carbocycles. The maximum absolute atomic E-state index is 5.83. The van der Waals surface area contributed by atoms with E-state index in [4.69, 9.17) is 5.73 Å². The molecule has 0 saturated carbocycles. The van der Waals surface area contributed by atoms with Crippen molar-refractivity contribution in [2.24, 2.45) is 5.73 Å². The molecule has 14 heavy (non-hydrogen) atoms. The number of nitrogens with two attached hydrogens (primary N) is 1. The number of aromatic nitrogens is 3. The smallest absolute Gasteiger partial charge is 0.0855 e. The minimum atomic E-state index is 0.0963. The van der Waals surface area contributed by atoms with E-state index < -0.39 is 0 Å². The van der Waals surface area contributed by atoms with E-state index in [0.717, 1.165) is 25.3 Å². The molecular formula is C9H15N5. The Hall–Kier alpha value is -1.20. The van der Waals surface area contributed by atoms with Gasteiger partial charge in [0, 0.05) is 25.7 Å². The lowest BCUT2D eigenvalue weighted by atomic mass is 10.1. The number of aryl methyl sites for hydroxylation is 1. The molecule has 0 bridgehead atoms. The Bertz CT molecular complexity index is 341. The number of rotatable bonds is 2. The lowest BCUT2D eigenvalue weighted by molar-refractivity contribution is 0.610. The van der Waals surface area contributed by atoms with Gasteiger partial charge in [-0.15, -0.1) is 5.10 Å². The predicted octanol–water partition coefficient (Wildman–Crippen LogP) is -0.388. The second-order valence-corrected chi connectivity index (χ2v) is 3.42. The van der Waals surface area contributed by atoms with Gasteiger partial charge < -0.3 is 11.1 Å². The lowest BCUT2D eigenvalue weighted by Crippen LogP contribution is -2.37. The third kappa shape index (κ3) is 1.69. The van der Waals surface area contributed by atoms with Crippen LogP contribution in [0.1, 0.15) is 12.6 Å². The molecule has 0 saturated heterocycles. The van der Waals surface area contributed by atoms with Gasteiger partial charge >= 0.3 is 0 Å². The highest BCUT2D eigenvalue weighted by Gasteiger charge is 2.14. The zero-order valence-electron chi connectivity index (χ0n) is 8.27. The molecule has 1 unspecified atom stereocenters. The van der Waals surface area contributed by atoms with Gasteiger partial charge in [-0.25, -0.2) is 4.68 Å². The van der Waals surface area contributed by atoms with Crippen LogP contribution in [0.5, 0.6) is 0 Å². The third-order valence-electron chi connectivity index (χ3n) is 2.36. The molecule has 2 heterocycles. The molecule has 0 radical (unpaired) electrons. The van der Waals surface area contributed by atoms with Gasteiger partial charge in [0.2, 0.25) is 0 Å². The van der Waals surface area contributed by atoms with Crippen LogP contribution in [0.4, 0.5) is 0 Å². The Morgan fingerprint density at radius 3 is 3.29 bits per heavy atom. The van der Waals surface area contributed by atoms with Crippen LogP contribution in [0.15, 0.2) is 12.3 Å². The second kappa shape index (κ2) is 3.89. The summed E-state index contributed by atoms with van der Waals surface area (Å²) in [4.78, 5) is 0. The summed E-state index contributed by atoms with van der Waals surface area (Å²) in [6.45, 7) is 4.58. The van der Waals surface area contributed by atoms with E-state index >= 15 is 0 Å². The molecule has 1 aromatic heterocycles. The summed E-state index contributed by atoms with van der Waals surface area (Å²) in [6, 6.07) is 0.0963. The summed E-state index contributed by atoms with van der Waals surface area (Å²) >= 11 is 0. The van der Waals surface area contributed by atoms with Crippen LogP contribution >= 0.6 is 0 Å². The molecule has 1 atom stereocenters. The second-order valence-electron chi connectivity index (χ2n) is 3.42. The Balaban J connectivity index is 2.29. The molecule has 5 nitrogen and oxygen atoms in total. The minimum absolute atomic E-state index is 0.0963. The van der Waals surface area contributed by atoms with Gasteiger partial charge in [-0.05, 0) is 12.5 Å². The standard InChI is InChI=1S/C9H15N5/c1-2-14-9(6-12-13-14)7-3-8(10)5-11-4-7/h3,6,8,11H,2,4-5,10H2,1H3. The van der Waals surface area contributed by atoms with Crippen molar-refractivity contribution in [2.75, 3.05) is 13.1 Å². The highest BCUT2D eigenvalue weighted by atomic mass is 15.4. The van der Waals surface area contributed by atoms with E-state index in [0.29, 0.717) is 0 Å². The zero-order valence-corrected chi connectivity index (χ0v) is 8.27.